The predicted molar refractivity (Wildman–Crippen MR) is 74.4 cm³/mol. The van der Waals surface area contributed by atoms with Gasteiger partial charge < -0.3 is 15.2 Å². The minimum absolute atomic E-state index is 0.147. The molecule has 4 nitrogen and oxygen atoms in total. The highest BCUT2D eigenvalue weighted by atomic mass is 32.2. The van der Waals surface area contributed by atoms with E-state index in [2.05, 4.69) is 0 Å². The number of nitrogens with two attached hydrogens (primary N) is 1. The molecule has 0 spiro atoms. The Morgan fingerprint density at radius 2 is 2.11 bits per heavy atom. The third-order valence-corrected chi connectivity index (χ3v) is 3.64. The van der Waals surface area contributed by atoms with E-state index in [-0.39, 0.29) is 6.10 Å². The zero-order valence-electron chi connectivity index (χ0n) is 11.1. The molecule has 1 rings (SSSR count). The summed E-state index contributed by atoms with van der Waals surface area (Å²) in [6, 6.07) is 5.25. The summed E-state index contributed by atoms with van der Waals surface area (Å²) in [7, 11) is -1.16. The molecule has 1 aromatic rings. The van der Waals surface area contributed by atoms with Gasteiger partial charge in [0, 0.05) is 5.69 Å². The van der Waals surface area contributed by atoms with E-state index in [9.17, 15) is 4.21 Å². The van der Waals surface area contributed by atoms with E-state index in [4.69, 9.17) is 15.2 Å². The van der Waals surface area contributed by atoms with Crippen LogP contribution in [0, 0.1) is 0 Å². The Morgan fingerprint density at radius 1 is 1.39 bits per heavy atom. The number of rotatable bonds is 7. The molecule has 0 saturated heterocycles. The molecule has 0 heterocycles. The number of benzene rings is 1. The molecule has 0 aliphatic carbocycles. The van der Waals surface area contributed by atoms with E-state index in [1.165, 1.54) is 0 Å². The number of nitrogen functional groups attached to an aromatic ring is 1. The van der Waals surface area contributed by atoms with Crippen LogP contribution in [0.25, 0.3) is 0 Å². The molecule has 1 aromatic carbocycles. The molecule has 0 bridgehead atoms. The lowest BCUT2D eigenvalue weighted by Gasteiger charge is -2.10. The van der Waals surface area contributed by atoms with Gasteiger partial charge in [0.15, 0.2) is 0 Å². The third kappa shape index (κ3) is 4.66. The molecule has 0 fully saturated rings. The first-order chi connectivity index (χ1) is 8.54. The van der Waals surface area contributed by atoms with Crippen LogP contribution in [0.5, 0.6) is 5.75 Å². The van der Waals surface area contributed by atoms with Crippen LogP contribution in [0.1, 0.15) is 20.8 Å². The van der Waals surface area contributed by atoms with Crippen LogP contribution in [0.2, 0.25) is 0 Å². The second kappa shape index (κ2) is 7.38. The van der Waals surface area contributed by atoms with Crippen LogP contribution < -0.4 is 10.5 Å². The number of hydrogen-bond donors (Lipinski definition) is 1. The van der Waals surface area contributed by atoms with Crippen molar-refractivity contribution in [2.45, 2.75) is 31.8 Å². The lowest BCUT2D eigenvalue weighted by atomic mass is 10.3. The first kappa shape index (κ1) is 15.0. The smallest absolute Gasteiger partial charge is 0.120 e. The highest BCUT2D eigenvalue weighted by molar-refractivity contribution is 7.85. The summed E-state index contributed by atoms with van der Waals surface area (Å²) in [6.45, 7) is 6.85. The summed E-state index contributed by atoms with van der Waals surface area (Å²) in [6.07, 6.45) is 0.147. The summed E-state index contributed by atoms with van der Waals surface area (Å²) in [4.78, 5) is 0.619. The fourth-order valence-corrected chi connectivity index (χ4v) is 2.48. The minimum atomic E-state index is -1.16. The molecule has 1 atom stereocenters. The predicted octanol–water partition coefficient (Wildman–Crippen LogP) is 2.20. The van der Waals surface area contributed by atoms with Crippen molar-refractivity contribution >= 4 is 16.5 Å². The van der Waals surface area contributed by atoms with Crippen LogP contribution in [0.4, 0.5) is 5.69 Å². The normalized spacial score (nSPS) is 12.7. The van der Waals surface area contributed by atoms with Gasteiger partial charge in [-0.05, 0) is 39.0 Å². The van der Waals surface area contributed by atoms with Crippen LogP contribution in [-0.2, 0) is 15.5 Å². The van der Waals surface area contributed by atoms with E-state index >= 15 is 0 Å². The van der Waals surface area contributed by atoms with Crippen molar-refractivity contribution in [3.8, 4) is 5.75 Å². The number of ether oxygens (including phenoxy) is 2. The van der Waals surface area contributed by atoms with Crippen molar-refractivity contribution in [1.82, 2.24) is 0 Å². The molecule has 102 valence electrons. The van der Waals surface area contributed by atoms with Crippen molar-refractivity contribution < 1.29 is 13.7 Å². The maximum absolute atomic E-state index is 12.1. The Morgan fingerprint density at radius 3 is 2.72 bits per heavy atom. The van der Waals surface area contributed by atoms with Crippen molar-refractivity contribution in [3.05, 3.63) is 18.2 Å². The van der Waals surface area contributed by atoms with Gasteiger partial charge in [-0.15, -0.1) is 0 Å². The number of hydrogen-bond acceptors (Lipinski definition) is 4. The molecule has 0 amide bonds. The summed E-state index contributed by atoms with van der Waals surface area (Å²) in [5, 5.41) is 0. The van der Waals surface area contributed by atoms with Crippen molar-refractivity contribution in [1.29, 1.82) is 0 Å². The molecule has 1 unspecified atom stereocenters. The van der Waals surface area contributed by atoms with Gasteiger partial charge in [0.25, 0.3) is 0 Å². The standard InChI is InChI=1S/C13H21NO3S/c1-4-16-11-5-6-12(14)13(9-11)18(15)8-7-17-10(2)3/h5-6,9-10H,4,7-8,14H2,1-3H3. The zero-order valence-corrected chi connectivity index (χ0v) is 12.0. The van der Waals surface area contributed by atoms with Crippen molar-refractivity contribution in [2.24, 2.45) is 0 Å². The Balaban J connectivity index is 2.68. The Labute approximate surface area is 111 Å². The van der Waals surface area contributed by atoms with Crippen molar-refractivity contribution in [2.75, 3.05) is 24.7 Å². The fraction of sp³-hybridized carbons (Fsp3) is 0.538. The van der Waals surface area contributed by atoms with E-state index in [0.29, 0.717) is 35.3 Å². The average molecular weight is 271 g/mol. The van der Waals surface area contributed by atoms with Gasteiger partial charge in [0.2, 0.25) is 0 Å². The molecular formula is C13H21NO3S. The maximum atomic E-state index is 12.1. The molecule has 5 heteroatoms. The Hall–Kier alpha value is -1.07. The highest BCUT2D eigenvalue weighted by Gasteiger charge is 2.10. The molecule has 18 heavy (non-hydrogen) atoms. The van der Waals surface area contributed by atoms with E-state index < -0.39 is 10.8 Å². The summed E-state index contributed by atoms with van der Waals surface area (Å²) >= 11 is 0. The lowest BCUT2D eigenvalue weighted by Crippen LogP contribution is -2.12. The van der Waals surface area contributed by atoms with Crippen LogP contribution in [0.15, 0.2) is 23.1 Å². The van der Waals surface area contributed by atoms with E-state index in [1.54, 1.807) is 18.2 Å². The van der Waals surface area contributed by atoms with E-state index in [0.717, 1.165) is 0 Å². The largest absolute Gasteiger partial charge is 0.494 e. The van der Waals surface area contributed by atoms with Crippen LogP contribution >= 0.6 is 0 Å². The molecule has 0 aliphatic rings. The summed E-state index contributed by atoms with van der Waals surface area (Å²) < 4.78 is 22.9. The minimum Gasteiger partial charge on any atom is -0.494 e. The van der Waals surface area contributed by atoms with Gasteiger partial charge >= 0.3 is 0 Å². The molecule has 0 saturated carbocycles. The first-order valence-corrected chi connectivity index (χ1v) is 7.38. The fourth-order valence-electron chi connectivity index (χ4n) is 1.44. The first-order valence-electron chi connectivity index (χ1n) is 6.07. The molecule has 0 aliphatic heterocycles. The maximum Gasteiger partial charge on any atom is 0.120 e. The molecule has 0 aromatic heterocycles. The molecule has 0 radical (unpaired) electrons. The van der Waals surface area contributed by atoms with Crippen LogP contribution in [-0.4, -0.2) is 29.3 Å². The third-order valence-electron chi connectivity index (χ3n) is 2.26. The highest BCUT2D eigenvalue weighted by Crippen LogP contribution is 2.23. The van der Waals surface area contributed by atoms with Crippen LogP contribution in [0.3, 0.4) is 0 Å². The summed E-state index contributed by atoms with van der Waals surface area (Å²) in [5.41, 5.74) is 6.36. The second-order valence-electron chi connectivity index (χ2n) is 4.10. The lowest BCUT2D eigenvalue weighted by molar-refractivity contribution is 0.0916. The second-order valence-corrected chi connectivity index (χ2v) is 5.64. The van der Waals surface area contributed by atoms with Gasteiger partial charge in [0.05, 0.1) is 40.8 Å². The summed E-state index contributed by atoms with van der Waals surface area (Å²) in [5.74, 6) is 1.14. The Kier molecular flexibility index (Phi) is 6.15. The van der Waals surface area contributed by atoms with Gasteiger partial charge in [-0.2, -0.15) is 0 Å². The SMILES string of the molecule is CCOc1ccc(N)c(S(=O)CCOC(C)C)c1. The number of anilines is 1. The van der Waals surface area contributed by atoms with Gasteiger partial charge in [-0.1, -0.05) is 0 Å². The van der Waals surface area contributed by atoms with E-state index in [1.807, 2.05) is 20.8 Å². The van der Waals surface area contributed by atoms with Gasteiger partial charge in [-0.3, -0.25) is 4.21 Å². The average Bonchev–Trinajstić information content (AvgIpc) is 2.31. The van der Waals surface area contributed by atoms with Gasteiger partial charge in [0.1, 0.15) is 5.75 Å². The van der Waals surface area contributed by atoms with Gasteiger partial charge in [-0.25, -0.2) is 0 Å². The Bertz CT molecular complexity index is 407. The zero-order chi connectivity index (χ0) is 13.5. The van der Waals surface area contributed by atoms with Crippen molar-refractivity contribution in [3.63, 3.8) is 0 Å². The molecule has 2 N–H and O–H groups in total. The quantitative estimate of drug-likeness (QED) is 0.772. The monoisotopic (exact) mass is 271 g/mol. The topological polar surface area (TPSA) is 61.5 Å². The molecular weight excluding hydrogens is 250 g/mol.